The lowest BCUT2D eigenvalue weighted by Crippen LogP contribution is -2.36. The van der Waals surface area contributed by atoms with Crippen LogP contribution in [-0.2, 0) is 16.0 Å². The molecule has 0 bridgehead atoms. The van der Waals surface area contributed by atoms with Crippen molar-refractivity contribution in [1.82, 2.24) is 5.32 Å². The highest BCUT2D eigenvalue weighted by Gasteiger charge is 2.27. The fourth-order valence-electron chi connectivity index (χ4n) is 2.79. The van der Waals surface area contributed by atoms with Gasteiger partial charge in [-0.15, -0.1) is 0 Å². The lowest BCUT2D eigenvalue weighted by atomic mass is 9.94. The minimum atomic E-state index is -0.978. The van der Waals surface area contributed by atoms with Gasteiger partial charge >= 0.3 is 5.97 Å². The maximum absolute atomic E-state index is 12.6. The Hall–Kier alpha value is -3.02. The number of nitrogens with one attached hydrogen (secondary N) is 1. The normalized spacial score (nSPS) is 12.7. The Morgan fingerprint density at radius 1 is 1.00 bits per heavy atom. The van der Waals surface area contributed by atoms with Gasteiger partial charge in [0.1, 0.15) is 11.5 Å². The summed E-state index contributed by atoms with van der Waals surface area (Å²) in [6.07, 6.45) is 0.0167. The molecule has 0 radical (unpaired) electrons. The number of methoxy groups -OCH3 is 2. The second-order valence-corrected chi connectivity index (χ2v) is 5.90. The van der Waals surface area contributed by atoms with Crippen LogP contribution in [0.5, 0.6) is 11.5 Å². The molecule has 0 spiro atoms. The molecule has 138 valence electrons. The van der Waals surface area contributed by atoms with Gasteiger partial charge in [-0.3, -0.25) is 9.59 Å². The van der Waals surface area contributed by atoms with Crippen LogP contribution in [0, 0.1) is 5.92 Å². The van der Waals surface area contributed by atoms with Crippen LogP contribution < -0.4 is 14.8 Å². The van der Waals surface area contributed by atoms with E-state index in [0.717, 1.165) is 5.56 Å². The van der Waals surface area contributed by atoms with Crippen LogP contribution in [0.3, 0.4) is 0 Å². The van der Waals surface area contributed by atoms with Gasteiger partial charge in [0.15, 0.2) is 0 Å². The number of carbonyl (C=O) groups excluding carboxylic acids is 1. The first-order valence-corrected chi connectivity index (χ1v) is 8.25. The molecular weight excluding hydrogens is 334 g/mol. The zero-order valence-corrected chi connectivity index (χ0v) is 15.1. The third-order valence-electron chi connectivity index (χ3n) is 4.23. The minimum absolute atomic E-state index is 0.0167. The lowest BCUT2D eigenvalue weighted by Gasteiger charge is -2.23. The molecule has 0 aliphatic heterocycles. The number of hydrogen-bond acceptors (Lipinski definition) is 4. The molecule has 2 atom stereocenters. The van der Waals surface area contributed by atoms with Gasteiger partial charge < -0.3 is 19.9 Å². The van der Waals surface area contributed by atoms with E-state index in [1.54, 1.807) is 37.3 Å². The summed E-state index contributed by atoms with van der Waals surface area (Å²) in [6, 6.07) is 13.7. The fourth-order valence-corrected chi connectivity index (χ4v) is 2.79. The van der Waals surface area contributed by atoms with E-state index in [-0.39, 0.29) is 12.3 Å². The van der Waals surface area contributed by atoms with Gasteiger partial charge in [0, 0.05) is 5.56 Å². The number of aliphatic carboxylic acids is 1. The summed E-state index contributed by atoms with van der Waals surface area (Å²) in [5.74, 6) is -0.978. The Bertz CT molecular complexity index is 738. The summed E-state index contributed by atoms with van der Waals surface area (Å²) in [4.78, 5) is 24.1. The molecule has 0 aliphatic rings. The Morgan fingerprint density at radius 3 is 2.08 bits per heavy atom. The third kappa shape index (κ3) is 4.53. The molecule has 0 saturated heterocycles. The van der Waals surface area contributed by atoms with Crippen molar-refractivity contribution >= 4 is 11.9 Å². The number of hydrogen-bond donors (Lipinski definition) is 2. The molecular formula is C20H23NO5. The van der Waals surface area contributed by atoms with Crippen molar-refractivity contribution in [3.8, 4) is 11.5 Å². The van der Waals surface area contributed by atoms with Crippen LogP contribution in [-0.4, -0.2) is 31.2 Å². The number of rotatable bonds is 8. The van der Waals surface area contributed by atoms with Gasteiger partial charge in [-0.25, -0.2) is 0 Å². The van der Waals surface area contributed by atoms with E-state index in [1.807, 2.05) is 18.2 Å². The fraction of sp³-hybridized carbons (Fsp3) is 0.300. The first kappa shape index (κ1) is 19.3. The molecule has 2 N–H and O–H groups in total. The molecule has 0 aliphatic carbocycles. The van der Waals surface area contributed by atoms with Crippen molar-refractivity contribution in [1.29, 1.82) is 0 Å². The number of carbonyl (C=O) groups is 2. The SMILES string of the molecule is COc1cccc(OC)c1CC(=O)NC(c1ccccc1)C(C)C(=O)O. The van der Waals surface area contributed by atoms with Crippen molar-refractivity contribution in [3.63, 3.8) is 0 Å². The Kier molecular flexibility index (Phi) is 6.60. The predicted molar refractivity (Wildman–Crippen MR) is 97.4 cm³/mol. The predicted octanol–water partition coefficient (Wildman–Crippen LogP) is 2.82. The van der Waals surface area contributed by atoms with Gasteiger partial charge in [-0.1, -0.05) is 36.4 Å². The van der Waals surface area contributed by atoms with Gasteiger partial charge in [-0.05, 0) is 24.6 Å². The Morgan fingerprint density at radius 2 is 1.58 bits per heavy atom. The first-order valence-electron chi connectivity index (χ1n) is 8.25. The van der Waals surface area contributed by atoms with E-state index in [9.17, 15) is 14.7 Å². The number of ether oxygens (including phenoxy) is 2. The number of benzene rings is 2. The van der Waals surface area contributed by atoms with E-state index in [1.165, 1.54) is 14.2 Å². The summed E-state index contributed by atoms with van der Waals surface area (Å²) in [6.45, 7) is 1.57. The van der Waals surface area contributed by atoms with Gasteiger partial charge in [-0.2, -0.15) is 0 Å². The summed E-state index contributed by atoms with van der Waals surface area (Å²) >= 11 is 0. The Labute approximate surface area is 152 Å². The van der Waals surface area contributed by atoms with Crippen molar-refractivity contribution < 1.29 is 24.2 Å². The second kappa shape index (κ2) is 8.89. The number of amides is 1. The minimum Gasteiger partial charge on any atom is -0.496 e. The van der Waals surface area contributed by atoms with Crippen molar-refractivity contribution in [2.45, 2.75) is 19.4 Å². The second-order valence-electron chi connectivity index (χ2n) is 5.90. The third-order valence-corrected chi connectivity index (χ3v) is 4.23. The average molecular weight is 357 g/mol. The van der Waals surface area contributed by atoms with Gasteiger partial charge in [0.05, 0.1) is 32.6 Å². The van der Waals surface area contributed by atoms with Crippen molar-refractivity contribution in [2.75, 3.05) is 14.2 Å². The topological polar surface area (TPSA) is 84.9 Å². The number of carboxylic acids is 1. The van der Waals surface area contributed by atoms with Crippen LogP contribution in [0.15, 0.2) is 48.5 Å². The molecule has 2 unspecified atom stereocenters. The average Bonchev–Trinajstić information content (AvgIpc) is 2.66. The van der Waals surface area contributed by atoms with E-state index < -0.39 is 17.9 Å². The highest BCUT2D eigenvalue weighted by atomic mass is 16.5. The maximum atomic E-state index is 12.6. The molecule has 26 heavy (non-hydrogen) atoms. The van der Waals surface area contributed by atoms with Gasteiger partial charge in [0.2, 0.25) is 5.91 Å². The quantitative estimate of drug-likeness (QED) is 0.759. The van der Waals surface area contributed by atoms with Crippen LogP contribution >= 0.6 is 0 Å². The molecule has 0 saturated carbocycles. The standard InChI is InChI=1S/C20H23NO5/c1-13(20(23)24)19(14-8-5-4-6-9-14)21-18(22)12-15-16(25-2)10-7-11-17(15)26-3/h4-11,13,19H,12H2,1-3H3,(H,21,22)(H,23,24). The molecule has 0 fully saturated rings. The molecule has 2 rings (SSSR count). The zero-order valence-electron chi connectivity index (χ0n) is 15.1. The summed E-state index contributed by atoms with van der Waals surface area (Å²) in [5.41, 5.74) is 1.35. The molecule has 6 heteroatoms. The molecule has 6 nitrogen and oxygen atoms in total. The van der Waals surface area contributed by atoms with E-state index >= 15 is 0 Å². The van der Waals surface area contributed by atoms with E-state index in [0.29, 0.717) is 17.1 Å². The summed E-state index contributed by atoms with van der Waals surface area (Å²) < 4.78 is 10.6. The molecule has 0 heterocycles. The highest BCUT2D eigenvalue weighted by Crippen LogP contribution is 2.29. The summed E-state index contributed by atoms with van der Waals surface area (Å²) in [5, 5.41) is 12.2. The van der Waals surface area contributed by atoms with Crippen LogP contribution in [0.1, 0.15) is 24.1 Å². The zero-order chi connectivity index (χ0) is 19.1. The molecule has 2 aromatic rings. The maximum Gasteiger partial charge on any atom is 0.308 e. The molecule has 1 amide bonds. The van der Waals surface area contributed by atoms with Gasteiger partial charge in [0.25, 0.3) is 0 Å². The van der Waals surface area contributed by atoms with E-state index in [4.69, 9.17) is 9.47 Å². The summed E-state index contributed by atoms with van der Waals surface area (Å²) in [7, 11) is 3.05. The smallest absolute Gasteiger partial charge is 0.308 e. The van der Waals surface area contributed by atoms with Crippen molar-refractivity contribution in [3.05, 3.63) is 59.7 Å². The van der Waals surface area contributed by atoms with E-state index in [2.05, 4.69) is 5.32 Å². The van der Waals surface area contributed by atoms with Crippen molar-refractivity contribution in [2.24, 2.45) is 5.92 Å². The van der Waals surface area contributed by atoms with Crippen LogP contribution in [0.25, 0.3) is 0 Å². The Balaban J connectivity index is 2.25. The van der Waals surface area contributed by atoms with Crippen LogP contribution in [0.2, 0.25) is 0 Å². The molecule has 2 aromatic carbocycles. The first-order chi connectivity index (χ1) is 12.5. The lowest BCUT2D eigenvalue weighted by molar-refractivity contribution is -0.142. The monoisotopic (exact) mass is 357 g/mol. The molecule has 0 aromatic heterocycles. The van der Waals surface area contributed by atoms with Crippen LogP contribution in [0.4, 0.5) is 0 Å². The highest BCUT2D eigenvalue weighted by molar-refractivity contribution is 5.82. The largest absolute Gasteiger partial charge is 0.496 e. The number of carboxylic acid groups (broad SMARTS) is 1.